The molecule has 0 fully saturated rings. The summed E-state index contributed by atoms with van der Waals surface area (Å²) in [6.45, 7) is 7.34. The molecule has 0 radical (unpaired) electrons. The number of aromatic nitrogens is 1. The first-order chi connectivity index (χ1) is 8.22. The number of nitrogens with two attached hydrogens (primary N) is 1. The lowest BCUT2D eigenvalue weighted by Crippen LogP contribution is -2.32. The highest BCUT2D eigenvalue weighted by atomic mass is 16.2. The summed E-state index contributed by atoms with van der Waals surface area (Å²) >= 11 is 0. The van der Waals surface area contributed by atoms with Crippen molar-refractivity contribution in [2.75, 3.05) is 13.1 Å². The summed E-state index contributed by atoms with van der Waals surface area (Å²) < 4.78 is 0. The van der Waals surface area contributed by atoms with Crippen LogP contribution in [0.25, 0.3) is 0 Å². The summed E-state index contributed by atoms with van der Waals surface area (Å²) in [5.41, 5.74) is 6.87. The SMILES string of the molecule is C=CCN(CCC)C(=O)c1ccnc(CN)c1. The van der Waals surface area contributed by atoms with E-state index in [1.165, 1.54) is 0 Å². The van der Waals surface area contributed by atoms with Crippen molar-refractivity contribution < 1.29 is 4.79 Å². The van der Waals surface area contributed by atoms with Crippen molar-refractivity contribution >= 4 is 5.91 Å². The summed E-state index contributed by atoms with van der Waals surface area (Å²) in [5.74, 6) is 0.00356. The van der Waals surface area contributed by atoms with Crippen LogP contribution in [0.1, 0.15) is 29.4 Å². The topological polar surface area (TPSA) is 59.2 Å². The van der Waals surface area contributed by atoms with Gasteiger partial charge in [0, 0.05) is 31.4 Å². The van der Waals surface area contributed by atoms with Gasteiger partial charge in [0.2, 0.25) is 0 Å². The van der Waals surface area contributed by atoms with E-state index in [2.05, 4.69) is 11.6 Å². The molecule has 1 amide bonds. The first kappa shape index (κ1) is 13.4. The summed E-state index contributed by atoms with van der Waals surface area (Å²) in [6.07, 6.45) is 4.28. The normalized spacial score (nSPS) is 10.0. The molecular weight excluding hydrogens is 214 g/mol. The van der Waals surface area contributed by atoms with Gasteiger partial charge < -0.3 is 10.6 Å². The molecule has 0 bridgehead atoms. The molecule has 0 atom stereocenters. The van der Waals surface area contributed by atoms with Crippen molar-refractivity contribution in [3.8, 4) is 0 Å². The number of nitrogens with zero attached hydrogens (tertiary/aromatic N) is 2. The third-order valence-electron chi connectivity index (χ3n) is 2.40. The van der Waals surface area contributed by atoms with Gasteiger partial charge in [0.05, 0.1) is 5.69 Å². The van der Waals surface area contributed by atoms with Gasteiger partial charge in [-0.3, -0.25) is 9.78 Å². The molecule has 4 nitrogen and oxygen atoms in total. The lowest BCUT2D eigenvalue weighted by atomic mass is 10.2. The minimum Gasteiger partial charge on any atom is -0.335 e. The van der Waals surface area contributed by atoms with Gasteiger partial charge in [-0.25, -0.2) is 0 Å². The van der Waals surface area contributed by atoms with Crippen molar-refractivity contribution in [3.63, 3.8) is 0 Å². The standard InChI is InChI=1S/C13H19N3O/c1-3-7-16(8-4-2)13(17)11-5-6-15-12(9-11)10-14/h3,5-6,9H,1,4,7-8,10,14H2,2H3. The summed E-state index contributed by atoms with van der Waals surface area (Å²) in [7, 11) is 0. The number of rotatable bonds is 6. The van der Waals surface area contributed by atoms with Gasteiger partial charge in [-0.15, -0.1) is 6.58 Å². The van der Waals surface area contributed by atoms with Crippen LogP contribution in [-0.2, 0) is 6.54 Å². The van der Waals surface area contributed by atoms with Gasteiger partial charge in [-0.05, 0) is 18.6 Å². The molecule has 4 heteroatoms. The average molecular weight is 233 g/mol. The average Bonchev–Trinajstić information content (AvgIpc) is 2.38. The summed E-state index contributed by atoms with van der Waals surface area (Å²) in [6, 6.07) is 3.46. The van der Waals surface area contributed by atoms with E-state index >= 15 is 0 Å². The first-order valence-electron chi connectivity index (χ1n) is 5.78. The predicted molar refractivity (Wildman–Crippen MR) is 68.5 cm³/mol. The Bertz CT molecular complexity index is 390. The fourth-order valence-electron chi connectivity index (χ4n) is 1.61. The van der Waals surface area contributed by atoms with Crippen LogP contribution >= 0.6 is 0 Å². The molecule has 0 spiro atoms. The first-order valence-corrected chi connectivity index (χ1v) is 5.78. The zero-order valence-corrected chi connectivity index (χ0v) is 10.2. The Hall–Kier alpha value is -1.68. The predicted octanol–water partition coefficient (Wildman–Crippen LogP) is 1.58. The van der Waals surface area contributed by atoms with Crippen LogP contribution in [0.3, 0.4) is 0 Å². The van der Waals surface area contributed by atoms with E-state index in [4.69, 9.17) is 5.73 Å². The van der Waals surface area contributed by atoms with E-state index in [9.17, 15) is 4.79 Å². The number of carbonyl (C=O) groups excluding carboxylic acids is 1. The van der Waals surface area contributed by atoms with Crippen LogP contribution in [0.2, 0.25) is 0 Å². The molecule has 0 aliphatic heterocycles. The van der Waals surface area contributed by atoms with E-state index in [0.717, 1.165) is 18.7 Å². The van der Waals surface area contributed by atoms with Crippen molar-refractivity contribution in [1.29, 1.82) is 0 Å². The zero-order valence-electron chi connectivity index (χ0n) is 10.2. The van der Waals surface area contributed by atoms with Crippen molar-refractivity contribution in [3.05, 3.63) is 42.2 Å². The number of amides is 1. The van der Waals surface area contributed by atoms with Gasteiger partial charge in [-0.1, -0.05) is 13.0 Å². The van der Waals surface area contributed by atoms with Crippen LogP contribution in [0.5, 0.6) is 0 Å². The maximum absolute atomic E-state index is 12.2. The monoisotopic (exact) mass is 233 g/mol. The molecular formula is C13H19N3O. The van der Waals surface area contributed by atoms with Gasteiger partial charge >= 0.3 is 0 Å². The maximum atomic E-state index is 12.2. The van der Waals surface area contributed by atoms with Gasteiger partial charge in [0.25, 0.3) is 5.91 Å². The van der Waals surface area contributed by atoms with Crippen LogP contribution in [-0.4, -0.2) is 28.9 Å². The molecule has 0 unspecified atom stereocenters. The third kappa shape index (κ3) is 3.67. The minimum absolute atomic E-state index is 0.00356. The Morgan fingerprint density at radius 1 is 1.65 bits per heavy atom. The molecule has 1 aromatic heterocycles. The van der Waals surface area contributed by atoms with E-state index in [1.807, 2.05) is 6.92 Å². The summed E-state index contributed by atoms with van der Waals surface area (Å²) in [4.78, 5) is 18.0. The van der Waals surface area contributed by atoms with Gasteiger partial charge in [-0.2, -0.15) is 0 Å². The molecule has 0 aromatic carbocycles. The highest BCUT2D eigenvalue weighted by Crippen LogP contribution is 2.07. The maximum Gasteiger partial charge on any atom is 0.254 e. The Morgan fingerprint density at radius 3 is 3.00 bits per heavy atom. The number of pyridine rings is 1. The van der Waals surface area contributed by atoms with Gasteiger partial charge in [0.15, 0.2) is 0 Å². The van der Waals surface area contributed by atoms with E-state index in [-0.39, 0.29) is 5.91 Å². The highest BCUT2D eigenvalue weighted by Gasteiger charge is 2.13. The van der Waals surface area contributed by atoms with E-state index < -0.39 is 0 Å². The molecule has 0 aliphatic rings. The van der Waals surface area contributed by atoms with Gasteiger partial charge in [0.1, 0.15) is 0 Å². The molecule has 0 aliphatic carbocycles. The van der Waals surface area contributed by atoms with Crippen molar-refractivity contribution in [2.24, 2.45) is 5.73 Å². The summed E-state index contributed by atoms with van der Waals surface area (Å²) in [5, 5.41) is 0. The molecule has 0 saturated heterocycles. The fourth-order valence-corrected chi connectivity index (χ4v) is 1.61. The zero-order chi connectivity index (χ0) is 12.7. The van der Waals surface area contributed by atoms with Crippen LogP contribution in [0.15, 0.2) is 31.0 Å². The number of carbonyl (C=O) groups is 1. The Labute approximate surface area is 102 Å². The molecule has 1 heterocycles. The Kier molecular flexibility index (Phi) is 5.36. The molecule has 17 heavy (non-hydrogen) atoms. The second-order valence-corrected chi connectivity index (χ2v) is 3.78. The lowest BCUT2D eigenvalue weighted by molar-refractivity contribution is 0.0773. The largest absolute Gasteiger partial charge is 0.335 e. The quantitative estimate of drug-likeness (QED) is 0.759. The highest BCUT2D eigenvalue weighted by molar-refractivity contribution is 5.94. The van der Waals surface area contributed by atoms with Crippen LogP contribution in [0, 0.1) is 0 Å². The third-order valence-corrected chi connectivity index (χ3v) is 2.40. The number of hydrogen-bond donors (Lipinski definition) is 1. The second kappa shape index (κ2) is 6.81. The smallest absolute Gasteiger partial charge is 0.254 e. The van der Waals surface area contributed by atoms with Crippen molar-refractivity contribution in [2.45, 2.75) is 19.9 Å². The molecule has 1 aromatic rings. The van der Waals surface area contributed by atoms with Crippen LogP contribution in [0.4, 0.5) is 0 Å². The number of hydrogen-bond acceptors (Lipinski definition) is 3. The molecule has 92 valence electrons. The fraction of sp³-hybridized carbons (Fsp3) is 0.385. The second-order valence-electron chi connectivity index (χ2n) is 3.78. The lowest BCUT2D eigenvalue weighted by Gasteiger charge is -2.20. The molecule has 2 N–H and O–H groups in total. The van der Waals surface area contributed by atoms with Crippen LogP contribution < -0.4 is 5.73 Å². The Balaban J connectivity index is 2.87. The van der Waals surface area contributed by atoms with Crippen molar-refractivity contribution in [1.82, 2.24) is 9.88 Å². The Morgan fingerprint density at radius 2 is 2.41 bits per heavy atom. The minimum atomic E-state index is 0.00356. The molecule has 1 rings (SSSR count). The van der Waals surface area contributed by atoms with E-state index in [0.29, 0.717) is 18.7 Å². The van der Waals surface area contributed by atoms with E-state index in [1.54, 1.807) is 29.3 Å². The molecule has 0 saturated carbocycles.